The highest BCUT2D eigenvalue weighted by Gasteiger charge is 2.66. The number of rotatable bonds is 5. The van der Waals surface area contributed by atoms with Gasteiger partial charge in [0.05, 0.1) is 31.7 Å². The van der Waals surface area contributed by atoms with Gasteiger partial charge in [-0.05, 0) is 30.1 Å². The zero-order valence-corrected chi connectivity index (χ0v) is 15.1. The van der Waals surface area contributed by atoms with Gasteiger partial charge in [0.2, 0.25) is 0 Å². The highest BCUT2D eigenvalue weighted by molar-refractivity contribution is 7.54. The SMILES string of the molecule is COC(=O)[C@@H]1[C@@H]2C=C[C@H]([C@@H]1C(=O)OC)[C@H]1C(P(=O)(OC)OC)C[C@@H]21. The van der Waals surface area contributed by atoms with Crippen molar-refractivity contribution in [1.29, 1.82) is 0 Å². The Morgan fingerprint density at radius 1 is 0.917 bits per heavy atom. The third-order valence-corrected chi connectivity index (χ3v) is 8.41. The van der Waals surface area contributed by atoms with Gasteiger partial charge in [0.15, 0.2) is 0 Å². The molecule has 0 saturated heterocycles. The van der Waals surface area contributed by atoms with Gasteiger partial charge in [0.25, 0.3) is 0 Å². The Balaban J connectivity index is 1.96. The van der Waals surface area contributed by atoms with Gasteiger partial charge in [-0.1, -0.05) is 12.2 Å². The number of hydrogen-bond acceptors (Lipinski definition) is 7. The number of methoxy groups -OCH3 is 2. The molecule has 8 heteroatoms. The van der Waals surface area contributed by atoms with E-state index in [1.54, 1.807) is 0 Å². The molecule has 2 fully saturated rings. The minimum atomic E-state index is -3.22. The predicted molar refractivity (Wildman–Crippen MR) is 84.1 cm³/mol. The van der Waals surface area contributed by atoms with Gasteiger partial charge < -0.3 is 18.5 Å². The fourth-order valence-electron chi connectivity index (χ4n) is 4.95. The van der Waals surface area contributed by atoms with Crippen LogP contribution < -0.4 is 0 Å². The largest absolute Gasteiger partial charge is 0.469 e. The van der Waals surface area contributed by atoms with Crippen LogP contribution in [0, 0.1) is 35.5 Å². The summed E-state index contributed by atoms with van der Waals surface area (Å²) >= 11 is 0. The lowest BCUT2D eigenvalue weighted by Crippen LogP contribution is -2.62. The Hall–Kier alpha value is -1.17. The second-order valence-corrected chi connectivity index (χ2v) is 9.06. The van der Waals surface area contributed by atoms with Crippen LogP contribution in [-0.2, 0) is 32.7 Å². The summed E-state index contributed by atoms with van der Waals surface area (Å²) in [4.78, 5) is 24.7. The normalized spacial score (nSPS) is 39.8. The van der Waals surface area contributed by atoms with E-state index < -0.39 is 31.4 Å². The van der Waals surface area contributed by atoms with Gasteiger partial charge in [0, 0.05) is 14.2 Å². The molecule has 4 aliphatic rings. The number of esters is 2. The van der Waals surface area contributed by atoms with Crippen LogP contribution in [0.2, 0.25) is 0 Å². The van der Waals surface area contributed by atoms with Crippen molar-refractivity contribution in [3.63, 3.8) is 0 Å². The maximum atomic E-state index is 12.8. The number of carbonyl (C=O) groups excluding carboxylic acids is 2. The van der Waals surface area contributed by atoms with Crippen molar-refractivity contribution in [1.82, 2.24) is 0 Å². The molecule has 0 aromatic rings. The van der Waals surface area contributed by atoms with Crippen molar-refractivity contribution in [2.24, 2.45) is 35.5 Å². The molecule has 0 amide bonds. The lowest BCUT2D eigenvalue weighted by Gasteiger charge is -2.60. The first-order chi connectivity index (χ1) is 11.4. The van der Waals surface area contributed by atoms with Crippen LogP contribution in [-0.4, -0.2) is 46.0 Å². The van der Waals surface area contributed by atoms with Crippen molar-refractivity contribution in [3.8, 4) is 0 Å². The molecule has 24 heavy (non-hydrogen) atoms. The lowest BCUT2D eigenvalue weighted by atomic mass is 9.46. The lowest BCUT2D eigenvalue weighted by molar-refractivity contribution is -0.174. The van der Waals surface area contributed by atoms with Crippen LogP contribution in [0.15, 0.2) is 12.2 Å². The molecule has 2 bridgehead atoms. The zero-order valence-electron chi connectivity index (χ0n) is 14.2. The highest BCUT2D eigenvalue weighted by Crippen LogP contribution is 2.70. The maximum Gasteiger partial charge on any atom is 0.333 e. The number of allylic oxidation sites excluding steroid dienone is 2. The molecule has 7 atom stereocenters. The van der Waals surface area contributed by atoms with Crippen molar-refractivity contribution >= 4 is 19.5 Å². The quantitative estimate of drug-likeness (QED) is 0.421. The van der Waals surface area contributed by atoms with Gasteiger partial charge in [-0.3, -0.25) is 14.2 Å². The van der Waals surface area contributed by atoms with Gasteiger partial charge >= 0.3 is 19.5 Å². The van der Waals surface area contributed by atoms with Gasteiger partial charge in [0.1, 0.15) is 0 Å². The van der Waals surface area contributed by atoms with E-state index in [0.29, 0.717) is 6.42 Å². The van der Waals surface area contributed by atoms with E-state index in [4.69, 9.17) is 18.5 Å². The fraction of sp³-hybridized carbons (Fsp3) is 0.750. The molecule has 0 radical (unpaired) electrons. The molecule has 0 heterocycles. The topological polar surface area (TPSA) is 88.1 Å². The number of ether oxygens (including phenoxy) is 2. The second kappa shape index (κ2) is 6.28. The highest BCUT2D eigenvalue weighted by atomic mass is 31.2. The Labute approximate surface area is 141 Å². The Morgan fingerprint density at radius 2 is 1.42 bits per heavy atom. The summed E-state index contributed by atoms with van der Waals surface area (Å²) in [7, 11) is 2.17. The first kappa shape index (κ1) is 17.6. The first-order valence-corrected chi connectivity index (χ1v) is 9.59. The third-order valence-electron chi connectivity index (χ3n) is 6.02. The Bertz CT molecular complexity index is 608. The third kappa shape index (κ3) is 2.29. The van der Waals surface area contributed by atoms with Gasteiger partial charge in [-0.15, -0.1) is 0 Å². The average molecular weight is 358 g/mol. The molecule has 0 N–H and O–H groups in total. The van der Waals surface area contributed by atoms with Crippen molar-refractivity contribution in [3.05, 3.63) is 12.2 Å². The predicted octanol–water partition coefficient (Wildman–Crippen LogP) is 1.87. The summed E-state index contributed by atoms with van der Waals surface area (Å²) in [6, 6.07) is 0. The minimum absolute atomic E-state index is 0.0178. The molecule has 4 aliphatic carbocycles. The molecule has 0 aromatic heterocycles. The zero-order chi connectivity index (χ0) is 17.6. The summed E-state index contributed by atoms with van der Waals surface area (Å²) in [5, 5.41) is 0. The van der Waals surface area contributed by atoms with Crippen molar-refractivity contribution in [2.45, 2.75) is 12.1 Å². The smallest absolute Gasteiger partial charge is 0.333 e. The number of carbonyl (C=O) groups is 2. The summed E-state index contributed by atoms with van der Waals surface area (Å²) < 4.78 is 33.0. The molecule has 1 unspecified atom stereocenters. The summed E-state index contributed by atoms with van der Waals surface area (Å²) in [6.07, 6.45) is 4.60. The molecule has 134 valence electrons. The second-order valence-electron chi connectivity index (χ2n) is 6.59. The van der Waals surface area contributed by atoms with Crippen LogP contribution >= 0.6 is 7.60 Å². The summed E-state index contributed by atoms with van der Waals surface area (Å²) in [5.74, 6) is -2.19. The molecule has 7 nitrogen and oxygen atoms in total. The van der Waals surface area contributed by atoms with E-state index >= 15 is 0 Å². The maximum absolute atomic E-state index is 12.8. The fourth-order valence-corrected chi connectivity index (χ4v) is 6.99. The van der Waals surface area contributed by atoms with E-state index in [1.165, 1.54) is 28.4 Å². The van der Waals surface area contributed by atoms with E-state index in [-0.39, 0.29) is 29.3 Å². The molecule has 4 rings (SSSR count). The molecule has 0 spiro atoms. The summed E-state index contributed by atoms with van der Waals surface area (Å²) in [6.45, 7) is 0. The Morgan fingerprint density at radius 3 is 1.92 bits per heavy atom. The molecular formula is C16H23O7P. The van der Waals surface area contributed by atoms with Gasteiger partial charge in [-0.2, -0.15) is 0 Å². The van der Waals surface area contributed by atoms with Gasteiger partial charge in [-0.25, -0.2) is 0 Å². The van der Waals surface area contributed by atoms with Crippen LogP contribution in [0.3, 0.4) is 0 Å². The standard InChI is InChI=1S/C16H23O7P/c1-20-15(17)13-8-5-6-9(14(13)16(18)21-2)12-10(8)7-11(12)24(19,22-3)23-4/h5-6,8-14H,7H2,1-4H3/t8-,9+,10+,11?,12-,13-,14+/m1/s1. The average Bonchev–Trinajstić information content (AvgIpc) is 2.59. The molecule has 0 aliphatic heterocycles. The van der Waals surface area contributed by atoms with E-state index in [1.807, 2.05) is 12.2 Å². The minimum Gasteiger partial charge on any atom is -0.469 e. The van der Waals surface area contributed by atoms with Crippen LogP contribution in [0.1, 0.15) is 6.42 Å². The van der Waals surface area contributed by atoms with E-state index in [2.05, 4.69) is 0 Å². The Kier molecular flexibility index (Phi) is 4.62. The molecule has 2 saturated carbocycles. The number of fused-ring (bicyclic) bond motifs is 1. The van der Waals surface area contributed by atoms with Crippen LogP contribution in [0.25, 0.3) is 0 Å². The van der Waals surface area contributed by atoms with Crippen molar-refractivity contribution < 1.29 is 32.7 Å². The molecule has 0 aromatic carbocycles. The number of hydrogen-bond donors (Lipinski definition) is 0. The summed E-state index contributed by atoms with van der Waals surface area (Å²) in [5.41, 5.74) is -0.263. The monoisotopic (exact) mass is 358 g/mol. The first-order valence-electron chi connectivity index (χ1n) is 7.98. The van der Waals surface area contributed by atoms with Crippen LogP contribution in [0.5, 0.6) is 0 Å². The van der Waals surface area contributed by atoms with Crippen LogP contribution in [0.4, 0.5) is 0 Å². The molecular weight excluding hydrogens is 335 g/mol. The van der Waals surface area contributed by atoms with E-state index in [0.717, 1.165) is 0 Å². The van der Waals surface area contributed by atoms with E-state index in [9.17, 15) is 14.2 Å². The van der Waals surface area contributed by atoms with Crippen molar-refractivity contribution in [2.75, 3.05) is 28.4 Å².